The van der Waals surface area contributed by atoms with E-state index in [1.165, 1.54) is 26.2 Å². The molecule has 5 unspecified atom stereocenters. The second-order valence-corrected chi connectivity index (χ2v) is 24.1. The molecule has 2 aliphatic heterocycles. The summed E-state index contributed by atoms with van der Waals surface area (Å²) in [6.45, 7) is 10.9. The predicted molar refractivity (Wildman–Crippen MR) is 102 cm³/mol. The first-order chi connectivity index (χ1) is 11.6. The van der Waals surface area contributed by atoms with Gasteiger partial charge in [-0.3, -0.25) is 0 Å². The highest BCUT2D eigenvalue weighted by Gasteiger charge is 2.64. The lowest BCUT2D eigenvalue weighted by Crippen LogP contribution is -2.71. The summed E-state index contributed by atoms with van der Waals surface area (Å²) in [5, 5.41) is 0. The van der Waals surface area contributed by atoms with Crippen LogP contribution in [-0.2, 0) is 33.2 Å². The predicted octanol–water partition coefficient (Wildman–Crippen LogP) is -0.755. The van der Waals surface area contributed by atoms with Crippen molar-refractivity contribution in [3.05, 3.63) is 0 Å². The van der Waals surface area contributed by atoms with Gasteiger partial charge in [0.25, 0.3) is 0 Å². The van der Waals surface area contributed by atoms with Gasteiger partial charge in [-0.05, 0) is 13.1 Å². The van der Waals surface area contributed by atoms with Crippen LogP contribution in [0.1, 0.15) is 0 Å². The lowest BCUT2D eigenvalue weighted by atomic mass is 11.7. The van der Waals surface area contributed by atoms with Gasteiger partial charge < -0.3 is 47.6 Å². The highest BCUT2D eigenvalue weighted by Crippen LogP contribution is 2.34. The van der Waals surface area contributed by atoms with E-state index < -0.39 is 62.3 Å². The van der Waals surface area contributed by atoms with E-state index in [4.69, 9.17) is 33.2 Å². The number of rotatable bonds is 2. The summed E-state index contributed by atoms with van der Waals surface area (Å²) in [7, 11) is -21.8. The number of hydrogen-bond donors (Lipinski definition) is 3. The summed E-state index contributed by atoms with van der Waals surface area (Å²) in [5.41, 5.74) is 0. The van der Waals surface area contributed by atoms with Crippen LogP contribution >= 0.6 is 0 Å². The van der Waals surface area contributed by atoms with Gasteiger partial charge in [-0.15, -0.1) is 0 Å². The summed E-state index contributed by atoms with van der Waals surface area (Å²) in [4.78, 5) is 30.9. The Morgan fingerprint density at radius 3 is 2.04 bits per heavy atom. The first-order valence-corrected chi connectivity index (χ1v) is 23.0. The maximum atomic E-state index is 10.7. The van der Waals surface area contributed by atoms with Crippen molar-refractivity contribution in [1.82, 2.24) is 0 Å². The molecule has 26 heavy (non-hydrogen) atoms. The maximum absolute atomic E-state index is 10.7. The van der Waals surface area contributed by atoms with Gasteiger partial charge in [0.1, 0.15) is 0 Å². The van der Waals surface area contributed by atoms with E-state index in [-0.39, 0.29) is 6.23 Å². The van der Waals surface area contributed by atoms with E-state index >= 15 is 0 Å². The average molecular weight is 495 g/mol. The summed E-state index contributed by atoms with van der Waals surface area (Å²) in [5.74, 6) is 0. The smallest absolute Gasteiger partial charge is 0.414 e. The molecule has 11 nitrogen and oxygen atoms in total. The second kappa shape index (κ2) is 7.72. The van der Waals surface area contributed by atoms with E-state index in [2.05, 4.69) is 0 Å². The molecule has 5 atom stereocenters. The van der Waals surface area contributed by atoms with Crippen LogP contribution in [0.15, 0.2) is 0 Å². The van der Waals surface area contributed by atoms with Crippen molar-refractivity contribution in [3.63, 3.8) is 0 Å². The minimum Gasteiger partial charge on any atom is -0.414 e. The zero-order valence-electron chi connectivity index (χ0n) is 15.8. The molecule has 2 heterocycles. The van der Waals surface area contributed by atoms with Crippen LogP contribution in [0.4, 0.5) is 0 Å². The molecule has 0 aromatic rings. The Morgan fingerprint density at radius 2 is 1.46 bits per heavy atom. The third-order valence-corrected chi connectivity index (χ3v) is 25.1. The molecule has 2 fully saturated rings. The summed E-state index contributed by atoms with van der Waals surface area (Å²) < 4.78 is 46.6. The molecular weight excluding hydrogens is 469 g/mol. The van der Waals surface area contributed by atoms with Crippen molar-refractivity contribution in [2.45, 2.75) is 45.8 Å². The van der Waals surface area contributed by atoms with E-state index in [1.807, 2.05) is 6.55 Å². The van der Waals surface area contributed by atoms with Gasteiger partial charge >= 0.3 is 53.3 Å². The first-order valence-electron chi connectivity index (χ1n) is 7.87. The van der Waals surface area contributed by atoms with E-state index in [9.17, 15) is 14.4 Å². The fraction of sp³-hybridized carbons (Fsp3) is 1.00. The Kier molecular flexibility index (Phi) is 6.94. The quantitative estimate of drug-likeness (QED) is 0.418. The molecule has 2 saturated heterocycles. The molecule has 0 aromatic carbocycles. The Labute approximate surface area is 162 Å². The molecule has 2 aliphatic rings. The summed E-state index contributed by atoms with van der Waals surface area (Å²) >= 11 is 0. The van der Waals surface area contributed by atoms with Crippen LogP contribution in [-0.4, -0.2) is 83.0 Å². The number of hydrogen-bond acceptors (Lipinski definition) is 11. The molecular formula is C8H26O11Si7. The van der Waals surface area contributed by atoms with Crippen molar-refractivity contribution in [3.8, 4) is 0 Å². The molecule has 0 amide bonds. The van der Waals surface area contributed by atoms with Crippen molar-refractivity contribution in [2.24, 2.45) is 0 Å². The minimum absolute atomic E-state index is 0.167. The summed E-state index contributed by atoms with van der Waals surface area (Å²) in [6.07, 6.45) is 0.167. The van der Waals surface area contributed by atoms with Crippen molar-refractivity contribution in [2.75, 3.05) is 6.23 Å². The van der Waals surface area contributed by atoms with Gasteiger partial charge in [-0.2, -0.15) is 0 Å². The fourth-order valence-electron chi connectivity index (χ4n) is 2.79. The third-order valence-electron chi connectivity index (χ3n) is 3.10. The highest BCUT2D eigenvalue weighted by molar-refractivity contribution is 6.91. The Hall–Kier alpha value is 1.08. The molecule has 0 aromatic heterocycles. The topological polar surface area (TPSA) is 135 Å². The zero-order chi connectivity index (χ0) is 20.0. The fourth-order valence-corrected chi connectivity index (χ4v) is 28.9. The Morgan fingerprint density at radius 1 is 0.885 bits per heavy atom. The molecule has 2 radical (unpaired) electrons. The second-order valence-electron chi connectivity index (χ2n) is 6.61. The Bertz CT molecular complexity index is 525. The van der Waals surface area contributed by atoms with E-state index in [1.54, 1.807) is 13.1 Å². The van der Waals surface area contributed by atoms with E-state index in [0.717, 1.165) is 0 Å². The molecule has 152 valence electrons. The molecule has 0 saturated carbocycles. The normalized spacial score (nSPS) is 49.0. The molecule has 0 aliphatic carbocycles. The first kappa shape index (κ1) is 23.4. The van der Waals surface area contributed by atoms with Crippen molar-refractivity contribution >= 4 is 62.3 Å². The van der Waals surface area contributed by atoms with E-state index in [0.29, 0.717) is 0 Å². The van der Waals surface area contributed by atoms with Crippen molar-refractivity contribution in [1.29, 1.82) is 0 Å². The molecule has 2 bridgehead atoms. The zero-order valence-corrected chi connectivity index (χ0v) is 22.8. The minimum atomic E-state index is -3.84. The Balaban J connectivity index is 2.46. The van der Waals surface area contributed by atoms with Gasteiger partial charge in [-0.25, -0.2) is 0 Å². The van der Waals surface area contributed by atoms with Crippen LogP contribution in [0.25, 0.3) is 0 Å². The SMILES string of the molecule is C[Si](O)O[Si]1(C)O[Si](C)(O)O[Si]2(C)O[Si](C)(O)OC[Si](C)O[Si](C)(O1)O2. The van der Waals surface area contributed by atoms with Crippen molar-refractivity contribution < 1.29 is 47.6 Å². The van der Waals surface area contributed by atoms with Gasteiger partial charge in [0.2, 0.25) is 9.04 Å². The largest absolute Gasteiger partial charge is 0.487 e. The van der Waals surface area contributed by atoms with Crippen LogP contribution in [0, 0.1) is 0 Å². The van der Waals surface area contributed by atoms with Crippen LogP contribution in [0.5, 0.6) is 0 Å². The van der Waals surface area contributed by atoms with Crippen LogP contribution in [0.3, 0.4) is 0 Å². The molecule has 18 heteroatoms. The molecule has 0 spiro atoms. The number of fused-ring (bicyclic) bond motifs is 2. The maximum Gasteiger partial charge on any atom is 0.487 e. The standard InChI is InChI=1S/C8H26O11Si7/c1-20-8-12-22(3,10)15-26(7)17-23(4,11)16-25(6,14-21(2)9)18-24(5,13-20)19-26/h9-11H,8H2,1-7H3. The third kappa shape index (κ3) is 6.56. The highest BCUT2D eigenvalue weighted by atomic mass is 28.6. The summed E-state index contributed by atoms with van der Waals surface area (Å²) in [6, 6.07) is 0. The lowest BCUT2D eigenvalue weighted by molar-refractivity contribution is 0.0762. The monoisotopic (exact) mass is 494 g/mol. The van der Waals surface area contributed by atoms with Gasteiger partial charge in [0, 0.05) is 32.7 Å². The van der Waals surface area contributed by atoms with Gasteiger partial charge in [-0.1, -0.05) is 0 Å². The molecule has 2 rings (SSSR count). The van der Waals surface area contributed by atoms with Crippen LogP contribution < -0.4 is 0 Å². The van der Waals surface area contributed by atoms with Gasteiger partial charge in [0.15, 0.2) is 0 Å². The average Bonchev–Trinajstić information content (AvgIpc) is 2.30. The van der Waals surface area contributed by atoms with Crippen LogP contribution in [0.2, 0.25) is 45.8 Å². The van der Waals surface area contributed by atoms with Gasteiger partial charge in [0.05, 0.1) is 6.23 Å². The lowest BCUT2D eigenvalue weighted by Gasteiger charge is -2.46. The molecule has 3 N–H and O–H groups in total.